The molecule has 1 unspecified atom stereocenters. The van der Waals surface area contributed by atoms with Crippen LogP contribution in [0.2, 0.25) is 0 Å². The lowest BCUT2D eigenvalue weighted by Crippen LogP contribution is -2.35. The normalized spacial score (nSPS) is 20.9. The lowest BCUT2D eigenvalue weighted by molar-refractivity contribution is 0.170. The van der Waals surface area contributed by atoms with Gasteiger partial charge < -0.3 is 9.64 Å². The molecule has 2 heteroatoms. The van der Waals surface area contributed by atoms with Crippen LogP contribution in [0.5, 0.6) is 5.75 Å². The number of hydrogen-bond acceptors (Lipinski definition) is 2. The average Bonchev–Trinajstić information content (AvgIpc) is 2.37. The molecule has 2 rings (SSSR count). The highest BCUT2D eigenvalue weighted by Gasteiger charge is 2.15. The molecular weight excluding hydrogens is 222 g/mol. The van der Waals surface area contributed by atoms with Gasteiger partial charge in [-0.25, -0.2) is 0 Å². The first-order chi connectivity index (χ1) is 8.74. The molecule has 0 bridgehead atoms. The van der Waals surface area contributed by atoms with Crippen LogP contribution in [-0.2, 0) is 0 Å². The fourth-order valence-electron chi connectivity index (χ4n) is 2.60. The Kier molecular flexibility index (Phi) is 5.06. The van der Waals surface area contributed by atoms with E-state index >= 15 is 0 Å². The number of ether oxygens (including phenoxy) is 1. The summed E-state index contributed by atoms with van der Waals surface area (Å²) in [6.07, 6.45) is 3.89. The standard InChI is InChI=1S/C16H25NO/c1-14-6-8-16(9-7-14)18-12-4-11-17-10-3-5-15(2)13-17/h6-9,15H,3-5,10-13H2,1-2H3. The zero-order chi connectivity index (χ0) is 12.8. The fraction of sp³-hybridized carbons (Fsp3) is 0.625. The molecule has 0 saturated carbocycles. The van der Waals surface area contributed by atoms with Gasteiger partial charge in [-0.2, -0.15) is 0 Å². The molecule has 1 aliphatic rings. The number of nitrogens with zero attached hydrogens (tertiary/aromatic N) is 1. The minimum absolute atomic E-state index is 0.827. The van der Waals surface area contributed by atoms with E-state index in [1.54, 1.807) is 0 Å². The van der Waals surface area contributed by atoms with Crippen LogP contribution in [0, 0.1) is 12.8 Å². The van der Waals surface area contributed by atoms with Crippen molar-refractivity contribution in [3.63, 3.8) is 0 Å². The number of hydrogen-bond donors (Lipinski definition) is 0. The average molecular weight is 247 g/mol. The lowest BCUT2D eigenvalue weighted by Gasteiger charge is -2.30. The first kappa shape index (κ1) is 13.4. The second-order valence-electron chi connectivity index (χ2n) is 5.56. The van der Waals surface area contributed by atoms with E-state index in [0.717, 1.165) is 24.7 Å². The molecule has 0 N–H and O–H groups in total. The van der Waals surface area contributed by atoms with Crippen LogP contribution in [0.4, 0.5) is 0 Å². The quantitative estimate of drug-likeness (QED) is 0.738. The summed E-state index contributed by atoms with van der Waals surface area (Å²) < 4.78 is 5.75. The molecule has 1 heterocycles. The monoisotopic (exact) mass is 247 g/mol. The van der Waals surface area contributed by atoms with Crippen molar-refractivity contribution in [2.24, 2.45) is 5.92 Å². The van der Waals surface area contributed by atoms with Crippen molar-refractivity contribution >= 4 is 0 Å². The Bertz CT molecular complexity index is 347. The van der Waals surface area contributed by atoms with Crippen LogP contribution in [0.25, 0.3) is 0 Å². The van der Waals surface area contributed by atoms with Crippen LogP contribution in [0.15, 0.2) is 24.3 Å². The smallest absolute Gasteiger partial charge is 0.119 e. The number of likely N-dealkylation sites (tertiary alicyclic amines) is 1. The highest BCUT2D eigenvalue weighted by molar-refractivity contribution is 5.26. The van der Waals surface area contributed by atoms with E-state index in [9.17, 15) is 0 Å². The molecule has 0 amide bonds. The molecule has 2 nitrogen and oxygen atoms in total. The first-order valence-electron chi connectivity index (χ1n) is 7.16. The molecule has 0 radical (unpaired) electrons. The topological polar surface area (TPSA) is 12.5 Å². The Morgan fingerprint density at radius 2 is 2.06 bits per heavy atom. The molecule has 1 saturated heterocycles. The maximum Gasteiger partial charge on any atom is 0.119 e. The minimum Gasteiger partial charge on any atom is -0.494 e. The van der Waals surface area contributed by atoms with Gasteiger partial charge in [-0.1, -0.05) is 24.6 Å². The van der Waals surface area contributed by atoms with Crippen LogP contribution in [0.3, 0.4) is 0 Å². The van der Waals surface area contributed by atoms with Crippen molar-refractivity contribution in [1.82, 2.24) is 4.90 Å². The third-order valence-electron chi connectivity index (χ3n) is 3.65. The maximum atomic E-state index is 5.75. The molecule has 1 aromatic carbocycles. The van der Waals surface area contributed by atoms with Gasteiger partial charge in [0.05, 0.1) is 6.61 Å². The van der Waals surface area contributed by atoms with Gasteiger partial charge in [0.2, 0.25) is 0 Å². The van der Waals surface area contributed by atoms with Crippen LogP contribution >= 0.6 is 0 Å². The van der Waals surface area contributed by atoms with Gasteiger partial charge in [0, 0.05) is 13.1 Å². The van der Waals surface area contributed by atoms with E-state index in [1.165, 1.54) is 38.0 Å². The van der Waals surface area contributed by atoms with Crippen molar-refractivity contribution in [2.45, 2.75) is 33.1 Å². The summed E-state index contributed by atoms with van der Waals surface area (Å²) in [4.78, 5) is 2.58. The Morgan fingerprint density at radius 1 is 1.28 bits per heavy atom. The van der Waals surface area contributed by atoms with Crippen molar-refractivity contribution in [3.8, 4) is 5.75 Å². The highest BCUT2D eigenvalue weighted by Crippen LogP contribution is 2.16. The van der Waals surface area contributed by atoms with Gasteiger partial charge in [0.15, 0.2) is 0 Å². The zero-order valence-electron chi connectivity index (χ0n) is 11.7. The molecular formula is C16H25NO. The third kappa shape index (κ3) is 4.34. The van der Waals surface area contributed by atoms with E-state index in [4.69, 9.17) is 4.74 Å². The summed E-state index contributed by atoms with van der Waals surface area (Å²) in [5, 5.41) is 0. The summed E-state index contributed by atoms with van der Waals surface area (Å²) in [7, 11) is 0. The van der Waals surface area contributed by atoms with Gasteiger partial charge in [-0.15, -0.1) is 0 Å². The summed E-state index contributed by atoms with van der Waals surface area (Å²) in [6, 6.07) is 8.31. The predicted molar refractivity (Wildman–Crippen MR) is 76.1 cm³/mol. The Hall–Kier alpha value is -1.02. The number of rotatable bonds is 5. The SMILES string of the molecule is Cc1ccc(OCCCN2CCCC(C)C2)cc1. The molecule has 1 fully saturated rings. The van der Waals surface area contributed by atoms with Gasteiger partial charge in [-0.05, 0) is 50.8 Å². The van der Waals surface area contributed by atoms with Gasteiger partial charge in [0.25, 0.3) is 0 Å². The second kappa shape index (κ2) is 6.79. The van der Waals surface area contributed by atoms with Crippen LogP contribution in [-0.4, -0.2) is 31.1 Å². The predicted octanol–water partition coefficient (Wildman–Crippen LogP) is 3.50. The lowest BCUT2D eigenvalue weighted by atomic mass is 10.0. The molecule has 18 heavy (non-hydrogen) atoms. The maximum absolute atomic E-state index is 5.75. The number of aryl methyl sites for hydroxylation is 1. The molecule has 1 aromatic rings. The summed E-state index contributed by atoms with van der Waals surface area (Å²) in [5.41, 5.74) is 1.28. The van der Waals surface area contributed by atoms with Crippen molar-refractivity contribution in [2.75, 3.05) is 26.2 Å². The molecule has 0 aromatic heterocycles. The zero-order valence-corrected chi connectivity index (χ0v) is 11.7. The second-order valence-corrected chi connectivity index (χ2v) is 5.56. The molecule has 0 aliphatic carbocycles. The van der Waals surface area contributed by atoms with Crippen molar-refractivity contribution in [1.29, 1.82) is 0 Å². The Balaban J connectivity index is 1.62. The Labute approximate surface area is 111 Å². The molecule has 1 aliphatic heterocycles. The third-order valence-corrected chi connectivity index (χ3v) is 3.65. The number of piperidine rings is 1. The fourth-order valence-corrected chi connectivity index (χ4v) is 2.60. The van der Waals surface area contributed by atoms with Crippen molar-refractivity contribution < 1.29 is 4.74 Å². The molecule has 100 valence electrons. The Morgan fingerprint density at radius 3 is 2.78 bits per heavy atom. The van der Waals surface area contributed by atoms with Crippen LogP contribution in [0.1, 0.15) is 31.7 Å². The molecule has 0 spiro atoms. The van der Waals surface area contributed by atoms with Gasteiger partial charge in [0.1, 0.15) is 5.75 Å². The van der Waals surface area contributed by atoms with Gasteiger partial charge in [-0.3, -0.25) is 0 Å². The summed E-state index contributed by atoms with van der Waals surface area (Å²) in [6.45, 7) is 9.00. The van der Waals surface area contributed by atoms with E-state index < -0.39 is 0 Å². The minimum atomic E-state index is 0.827. The van der Waals surface area contributed by atoms with E-state index in [0.29, 0.717) is 0 Å². The first-order valence-corrected chi connectivity index (χ1v) is 7.16. The number of benzene rings is 1. The van der Waals surface area contributed by atoms with Crippen molar-refractivity contribution in [3.05, 3.63) is 29.8 Å². The largest absolute Gasteiger partial charge is 0.494 e. The summed E-state index contributed by atoms with van der Waals surface area (Å²) in [5.74, 6) is 1.87. The summed E-state index contributed by atoms with van der Waals surface area (Å²) >= 11 is 0. The van der Waals surface area contributed by atoms with E-state index in [-0.39, 0.29) is 0 Å². The van der Waals surface area contributed by atoms with E-state index in [1.807, 2.05) is 0 Å². The van der Waals surface area contributed by atoms with Gasteiger partial charge >= 0.3 is 0 Å². The highest BCUT2D eigenvalue weighted by atomic mass is 16.5. The van der Waals surface area contributed by atoms with Crippen LogP contribution < -0.4 is 4.74 Å². The van der Waals surface area contributed by atoms with E-state index in [2.05, 4.69) is 43.0 Å². The molecule has 1 atom stereocenters.